The number of pyridine rings is 1. The first-order valence-corrected chi connectivity index (χ1v) is 6.07. The molecule has 2 aromatic heterocycles. The number of nitrogens with one attached hydrogen (secondary N) is 1. The van der Waals surface area contributed by atoms with Gasteiger partial charge in [0.15, 0.2) is 5.78 Å². The molecule has 0 saturated carbocycles. The van der Waals surface area contributed by atoms with Crippen LogP contribution in [0.4, 0.5) is 0 Å². The molecular formula is C11H12N4OS. The van der Waals surface area contributed by atoms with Gasteiger partial charge >= 0.3 is 0 Å². The third kappa shape index (κ3) is 2.91. The van der Waals surface area contributed by atoms with Crippen molar-refractivity contribution in [3.8, 4) is 0 Å². The second kappa shape index (κ2) is 5.09. The highest BCUT2D eigenvalue weighted by Gasteiger charge is 2.06. The quantitative estimate of drug-likeness (QED) is 0.840. The Morgan fingerprint density at radius 3 is 2.82 bits per heavy atom. The summed E-state index contributed by atoms with van der Waals surface area (Å²) in [6, 6.07) is 3.58. The molecule has 17 heavy (non-hydrogen) atoms. The fourth-order valence-electron chi connectivity index (χ4n) is 1.26. The van der Waals surface area contributed by atoms with Crippen molar-refractivity contribution in [3.63, 3.8) is 0 Å². The van der Waals surface area contributed by atoms with Gasteiger partial charge in [-0.3, -0.25) is 14.9 Å². The molecule has 0 bridgehead atoms. The van der Waals surface area contributed by atoms with Crippen LogP contribution in [0.5, 0.6) is 0 Å². The minimum absolute atomic E-state index is 0.0512. The van der Waals surface area contributed by atoms with Gasteiger partial charge in [0, 0.05) is 17.5 Å². The first-order valence-electron chi connectivity index (χ1n) is 5.25. The first kappa shape index (κ1) is 11.8. The van der Waals surface area contributed by atoms with Crippen molar-refractivity contribution in [2.24, 2.45) is 0 Å². The molecular weight excluding hydrogens is 236 g/mol. The molecule has 5 nitrogen and oxygen atoms in total. The van der Waals surface area contributed by atoms with E-state index in [9.17, 15) is 4.79 Å². The maximum absolute atomic E-state index is 11.4. The minimum atomic E-state index is 0.0512. The van der Waals surface area contributed by atoms with Crippen molar-refractivity contribution in [2.45, 2.75) is 30.3 Å². The molecule has 2 rings (SSSR count). The molecule has 0 saturated heterocycles. The van der Waals surface area contributed by atoms with Gasteiger partial charge in [-0.25, -0.2) is 4.98 Å². The van der Waals surface area contributed by atoms with Crippen molar-refractivity contribution in [1.82, 2.24) is 20.2 Å². The van der Waals surface area contributed by atoms with Crippen LogP contribution in [-0.2, 0) is 0 Å². The first-order chi connectivity index (χ1) is 8.19. The van der Waals surface area contributed by atoms with E-state index in [0.29, 0.717) is 17.3 Å². The monoisotopic (exact) mass is 248 g/mol. The summed E-state index contributed by atoms with van der Waals surface area (Å²) in [5.41, 5.74) is 0.503. The highest BCUT2D eigenvalue weighted by Crippen LogP contribution is 2.23. The lowest BCUT2D eigenvalue weighted by Crippen LogP contribution is -1.99. The molecule has 0 fully saturated rings. The number of aromatic nitrogens is 4. The standard InChI is InChI=1S/C11H12N4OS/c1-3-10(16)9-5-4-8(6-12-9)17-11-13-7(2)14-15-11/h4-6H,3H2,1-2H3,(H,13,14,15). The smallest absolute Gasteiger partial charge is 0.213 e. The molecule has 0 aliphatic carbocycles. The summed E-state index contributed by atoms with van der Waals surface area (Å²) in [5, 5.41) is 7.44. The maximum atomic E-state index is 11.4. The highest BCUT2D eigenvalue weighted by molar-refractivity contribution is 7.99. The number of aryl methyl sites for hydroxylation is 1. The summed E-state index contributed by atoms with van der Waals surface area (Å²) in [6.45, 7) is 3.67. The van der Waals surface area contributed by atoms with E-state index in [1.54, 1.807) is 12.3 Å². The zero-order chi connectivity index (χ0) is 12.3. The molecule has 2 aromatic rings. The van der Waals surface area contributed by atoms with E-state index in [0.717, 1.165) is 10.7 Å². The summed E-state index contributed by atoms with van der Waals surface area (Å²) in [6.07, 6.45) is 2.14. The van der Waals surface area contributed by atoms with Crippen LogP contribution >= 0.6 is 11.8 Å². The van der Waals surface area contributed by atoms with E-state index < -0.39 is 0 Å². The van der Waals surface area contributed by atoms with Gasteiger partial charge in [-0.05, 0) is 30.8 Å². The average molecular weight is 248 g/mol. The lowest BCUT2D eigenvalue weighted by Gasteiger charge is -1.99. The van der Waals surface area contributed by atoms with Crippen molar-refractivity contribution in [3.05, 3.63) is 29.8 Å². The Hall–Kier alpha value is -1.69. The van der Waals surface area contributed by atoms with Gasteiger partial charge in [0.05, 0.1) is 0 Å². The van der Waals surface area contributed by atoms with Crippen molar-refractivity contribution in [1.29, 1.82) is 0 Å². The van der Waals surface area contributed by atoms with Crippen LogP contribution in [0, 0.1) is 6.92 Å². The van der Waals surface area contributed by atoms with Gasteiger partial charge < -0.3 is 0 Å². The number of aromatic amines is 1. The van der Waals surface area contributed by atoms with E-state index in [1.165, 1.54) is 11.8 Å². The van der Waals surface area contributed by atoms with Crippen LogP contribution in [0.15, 0.2) is 28.4 Å². The van der Waals surface area contributed by atoms with Gasteiger partial charge in [0.2, 0.25) is 5.16 Å². The molecule has 0 radical (unpaired) electrons. The zero-order valence-corrected chi connectivity index (χ0v) is 10.4. The molecule has 0 aliphatic heterocycles. The Balaban J connectivity index is 2.10. The number of ketones is 1. The summed E-state index contributed by atoms with van der Waals surface area (Å²) in [4.78, 5) is 20.6. The molecule has 0 aliphatic rings. The summed E-state index contributed by atoms with van der Waals surface area (Å²) in [5.74, 6) is 0.827. The number of Topliss-reactive ketones (excluding diaryl/α,β-unsaturated/α-hetero) is 1. The minimum Gasteiger partial charge on any atom is -0.292 e. The van der Waals surface area contributed by atoms with E-state index in [-0.39, 0.29) is 5.78 Å². The second-order valence-electron chi connectivity index (χ2n) is 3.46. The molecule has 88 valence electrons. The third-order valence-electron chi connectivity index (χ3n) is 2.13. The van der Waals surface area contributed by atoms with Crippen LogP contribution in [0.3, 0.4) is 0 Å². The number of hydrogen-bond donors (Lipinski definition) is 1. The molecule has 2 heterocycles. The van der Waals surface area contributed by atoms with Crippen LogP contribution in [0.2, 0.25) is 0 Å². The van der Waals surface area contributed by atoms with Crippen molar-refractivity contribution < 1.29 is 4.79 Å². The Labute approximate surface area is 103 Å². The second-order valence-corrected chi connectivity index (χ2v) is 4.50. The number of nitrogens with zero attached hydrogens (tertiary/aromatic N) is 3. The lowest BCUT2D eigenvalue weighted by atomic mass is 10.2. The Bertz CT molecular complexity index is 521. The van der Waals surface area contributed by atoms with Crippen molar-refractivity contribution >= 4 is 17.5 Å². The number of hydrogen-bond acceptors (Lipinski definition) is 5. The number of H-pyrrole nitrogens is 1. The summed E-state index contributed by atoms with van der Waals surface area (Å²) < 4.78 is 0. The molecule has 6 heteroatoms. The predicted octanol–water partition coefficient (Wildman–Crippen LogP) is 2.25. The van der Waals surface area contributed by atoms with Crippen LogP contribution in [0.25, 0.3) is 0 Å². The maximum Gasteiger partial charge on any atom is 0.213 e. The van der Waals surface area contributed by atoms with Crippen LogP contribution in [-0.4, -0.2) is 25.9 Å². The SMILES string of the molecule is CCC(=O)c1ccc(Sc2n[nH]c(C)n2)cn1. The zero-order valence-electron chi connectivity index (χ0n) is 9.60. The van der Waals surface area contributed by atoms with Crippen LogP contribution in [0.1, 0.15) is 29.7 Å². The normalized spacial score (nSPS) is 10.5. The molecule has 0 amide bonds. The van der Waals surface area contributed by atoms with E-state index in [2.05, 4.69) is 20.2 Å². The molecule has 0 atom stereocenters. The summed E-state index contributed by atoms with van der Waals surface area (Å²) >= 11 is 1.41. The van der Waals surface area contributed by atoms with E-state index in [4.69, 9.17) is 0 Å². The highest BCUT2D eigenvalue weighted by atomic mass is 32.2. The largest absolute Gasteiger partial charge is 0.292 e. The van der Waals surface area contributed by atoms with Crippen LogP contribution < -0.4 is 0 Å². The van der Waals surface area contributed by atoms with Crippen molar-refractivity contribution in [2.75, 3.05) is 0 Å². The lowest BCUT2D eigenvalue weighted by molar-refractivity contribution is 0.0983. The molecule has 1 N–H and O–H groups in total. The Morgan fingerprint density at radius 2 is 2.29 bits per heavy atom. The predicted molar refractivity (Wildman–Crippen MR) is 64.1 cm³/mol. The van der Waals surface area contributed by atoms with Gasteiger partial charge in [-0.1, -0.05) is 6.92 Å². The fraction of sp³-hybridized carbons (Fsp3) is 0.273. The molecule has 0 aromatic carbocycles. The number of rotatable bonds is 4. The number of carbonyl (C=O) groups is 1. The number of carbonyl (C=O) groups excluding carboxylic acids is 1. The van der Waals surface area contributed by atoms with Gasteiger partial charge in [-0.2, -0.15) is 0 Å². The third-order valence-corrected chi connectivity index (χ3v) is 2.97. The average Bonchev–Trinajstić information content (AvgIpc) is 2.75. The molecule has 0 spiro atoms. The Kier molecular flexibility index (Phi) is 3.53. The summed E-state index contributed by atoms with van der Waals surface area (Å²) in [7, 11) is 0. The van der Waals surface area contributed by atoms with Gasteiger partial charge in [-0.15, -0.1) is 5.10 Å². The van der Waals surface area contributed by atoms with Gasteiger partial charge in [0.25, 0.3) is 0 Å². The van der Waals surface area contributed by atoms with E-state index >= 15 is 0 Å². The fourth-order valence-corrected chi connectivity index (χ4v) is 1.99. The topological polar surface area (TPSA) is 71.5 Å². The van der Waals surface area contributed by atoms with E-state index in [1.807, 2.05) is 19.9 Å². The molecule has 0 unspecified atom stereocenters. The van der Waals surface area contributed by atoms with Gasteiger partial charge in [0.1, 0.15) is 11.5 Å². The Morgan fingerprint density at radius 1 is 1.47 bits per heavy atom.